The molecule has 4 heterocycles. The van der Waals surface area contributed by atoms with E-state index < -0.39 is 41.1 Å². The Labute approximate surface area is 237 Å². The van der Waals surface area contributed by atoms with E-state index in [9.17, 15) is 19.5 Å². The summed E-state index contributed by atoms with van der Waals surface area (Å²) >= 11 is 0. The van der Waals surface area contributed by atoms with E-state index in [1.54, 1.807) is 9.80 Å². The van der Waals surface area contributed by atoms with E-state index in [1.807, 2.05) is 77.1 Å². The number of hydrogen-bond acceptors (Lipinski definition) is 6. The smallest absolute Gasteiger partial charge is 0.313 e. The van der Waals surface area contributed by atoms with Crippen LogP contribution in [0.15, 0.2) is 42.5 Å². The summed E-state index contributed by atoms with van der Waals surface area (Å²) in [7, 11) is 0. The molecule has 2 amide bonds. The standard InChI is InChI=1S/C32H42N2O6/c1-6-20(2)23(19-35)34-27-29(37)33(26-21(3)13-11-14-22(26)4)17-12-16-32(27)24(28(34)36)25-30(38)39-18-10-8-7-9-15-31(25,5)40-32/h9,11-16,20,23-25,27,35H,6-8,10,17-19H2,1-5H3/b15-9-/t20-,23-,24-,25+,27?,31-,32-/m0/s1. The number of amides is 2. The van der Waals surface area contributed by atoms with Gasteiger partial charge >= 0.3 is 5.97 Å². The van der Waals surface area contributed by atoms with Crippen molar-refractivity contribution >= 4 is 23.5 Å². The molecule has 40 heavy (non-hydrogen) atoms. The lowest BCUT2D eigenvalue weighted by molar-refractivity contribution is -0.160. The SMILES string of the molecule is CC[C@H](C)[C@H](CO)N1C(=O)[C@@H]2[C@@H]3C(=O)OCCCC/C=C\[C@]3(C)O[C@@]23C=CCN(c2c(C)cccc2C)C(=O)C13. The second-order valence-corrected chi connectivity index (χ2v) is 12.0. The molecule has 1 aromatic carbocycles. The Morgan fingerprint density at radius 2 is 1.77 bits per heavy atom. The highest BCUT2D eigenvalue weighted by Gasteiger charge is 2.75. The van der Waals surface area contributed by atoms with E-state index >= 15 is 0 Å². The summed E-state index contributed by atoms with van der Waals surface area (Å²) in [5, 5.41) is 10.6. The van der Waals surface area contributed by atoms with Crippen molar-refractivity contribution in [1.29, 1.82) is 0 Å². The largest absolute Gasteiger partial charge is 0.465 e. The number of esters is 1. The summed E-state index contributed by atoms with van der Waals surface area (Å²) in [6, 6.07) is 4.24. The number of benzene rings is 1. The molecule has 1 spiro atoms. The first-order chi connectivity index (χ1) is 19.1. The molecule has 8 nitrogen and oxygen atoms in total. The Hall–Kier alpha value is -2.97. The van der Waals surface area contributed by atoms with Crippen LogP contribution in [0.4, 0.5) is 5.69 Å². The number of rotatable bonds is 5. The van der Waals surface area contributed by atoms with Crippen molar-refractivity contribution in [3.8, 4) is 0 Å². The van der Waals surface area contributed by atoms with Gasteiger partial charge in [-0.25, -0.2) is 0 Å². The molecule has 0 aromatic heterocycles. The van der Waals surface area contributed by atoms with Gasteiger partial charge in [0.05, 0.1) is 30.8 Å². The van der Waals surface area contributed by atoms with Gasteiger partial charge in [0.2, 0.25) is 5.91 Å². The lowest BCUT2D eigenvalue weighted by Gasteiger charge is -2.42. The quantitative estimate of drug-likeness (QED) is 0.442. The number of hydrogen-bond donors (Lipinski definition) is 1. The number of fused-ring (bicyclic) bond motifs is 2. The number of cyclic esters (lactones) is 1. The van der Waals surface area contributed by atoms with Crippen LogP contribution in [0.5, 0.6) is 0 Å². The topological polar surface area (TPSA) is 96.4 Å². The predicted octanol–water partition coefficient (Wildman–Crippen LogP) is 3.87. The van der Waals surface area contributed by atoms with E-state index in [-0.39, 0.29) is 30.9 Å². The molecule has 1 unspecified atom stereocenters. The summed E-state index contributed by atoms with van der Waals surface area (Å²) in [5.74, 6) is -3.07. The summed E-state index contributed by atoms with van der Waals surface area (Å²) in [6.45, 7) is 10.0. The number of carbonyl (C=O) groups is 3. The zero-order chi connectivity index (χ0) is 28.8. The molecule has 5 rings (SSSR count). The molecule has 2 saturated heterocycles. The van der Waals surface area contributed by atoms with Crippen LogP contribution >= 0.6 is 0 Å². The minimum absolute atomic E-state index is 0.0826. The maximum absolute atomic E-state index is 14.8. The fourth-order valence-electron chi connectivity index (χ4n) is 7.34. The second-order valence-electron chi connectivity index (χ2n) is 12.0. The molecule has 0 radical (unpaired) electrons. The maximum atomic E-state index is 14.8. The molecular formula is C32H42N2O6. The Kier molecular flexibility index (Phi) is 7.70. The van der Waals surface area contributed by atoms with Gasteiger partial charge < -0.3 is 24.4 Å². The number of para-hydroxylation sites is 1. The van der Waals surface area contributed by atoms with Crippen LogP contribution in [-0.2, 0) is 23.9 Å². The molecule has 2 fully saturated rings. The normalized spacial score (nSPS) is 34.5. The third-order valence-electron chi connectivity index (χ3n) is 9.49. The number of allylic oxidation sites excluding steroid dienone is 1. The van der Waals surface area contributed by atoms with Crippen LogP contribution < -0.4 is 4.90 Å². The fourth-order valence-corrected chi connectivity index (χ4v) is 7.34. The monoisotopic (exact) mass is 550 g/mol. The van der Waals surface area contributed by atoms with Gasteiger partial charge in [0.25, 0.3) is 5.91 Å². The number of nitrogens with zero attached hydrogens (tertiary/aromatic N) is 2. The highest BCUT2D eigenvalue weighted by Crippen LogP contribution is 2.58. The van der Waals surface area contributed by atoms with Gasteiger partial charge in [-0.2, -0.15) is 0 Å². The number of anilines is 1. The maximum Gasteiger partial charge on any atom is 0.313 e. The van der Waals surface area contributed by atoms with Crippen molar-refractivity contribution in [2.24, 2.45) is 17.8 Å². The Morgan fingerprint density at radius 1 is 1.05 bits per heavy atom. The van der Waals surface area contributed by atoms with Crippen LogP contribution in [-0.4, -0.2) is 70.8 Å². The Bertz CT molecular complexity index is 1220. The van der Waals surface area contributed by atoms with Crippen molar-refractivity contribution in [2.75, 3.05) is 24.7 Å². The average molecular weight is 551 g/mol. The zero-order valence-corrected chi connectivity index (χ0v) is 24.3. The lowest BCUT2D eigenvalue weighted by atomic mass is 9.74. The van der Waals surface area contributed by atoms with Gasteiger partial charge in [0.1, 0.15) is 17.6 Å². The van der Waals surface area contributed by atoms with Crippen molar-refractivity contribution in [1.82, 2.24) is 4.90 Å². The molecule has 7 atom stereocenters. The third-order valence-corrected chi connectivity index (χ3v) is 9.49. The van der Waals surface area contributed by atoms with E-state index in [4.69, 9.17) is 9.47 Å². The van der Waals surface area contributed by atoms with Crippen LogP contribution in [0.1, 0.15) is 57.6 Å². The van der Waals surface area contributed by atoms with Gasteiger partial charge in [0, 0.05) is 12.2 Å². The van der Waals surface area contributed by atoms with Crippen LogP contribution in [0, 0.1) is 31.6 Å². The van der Waals surface area contributed by atoms with E-state index in [0.717, 1.165) is 36.1 Å². The highest BCUT2D eigenvalue weighted by molar-refractivity contribution is 6.06. The highest BCUT2D eigenvalue weighted by atomic mass is 16.6. The van der Waals surface area contributed by atoms with Crippen molar-refractivity contribution in [2.45, 2.75) is 83.6 Å². The molecule has 8 heteroatoms. The number of aliphatic hydroxyl groups excluding tert-OH is 1. The number of carbonyl (C=O) groups excluding carboxylic acids is 3. The van der Waals surface area contributed by atoms with Crippen molar-refractivity contribution < 1.29 is 29.0 Å². The lowest BCUT2D eigenvalue weighted by Crippen LogP contribution is -2.60. The van der Waals surface area contributed by atoms with Gasteiger partial charge in [-0.1, -0.05) is 62.8 Å². The molecule has 1 aromatic rings. The molecule has 216 valence electrons. The minimum atomic E-state index is -1.39. The van der Waals surface area contributed by atoms with Crippen molar-refractivity contribution in [3.63, 3.8) is 0 Å². The number of aryl methyl sites for hydroxylation is 2. The van der Waals surface area contributed by atoms with Crippen LogP contribution in [0.25, 0.3) is 0 Å². The first kappa shape index (κ1) is 28.6. The third kappa shape index (κ3) is 4.31. The molecular weight excluding hydrogens is 508 g/mol. The fraction of sp³-hybridized carbons (Fsp3) is 0.594. The predicted molar refractivity (Wildman–Crippen MR) is 152 cm³/mol. The summed E-state index contributed by atoms with van der Waals surface area (Å²) in [5.41, 5.74) is 0.174. The van der Waals surface area contributed by atoms with Crippen LogP contribution in [0.2, 0.25) is 0 Å². The van der Waals surface area contributed by atoms with E-state index in [2.05, 4.69) is 0 Å². The summed E-state index contributed by atoms with van der Waals surface area (Å²) < 4.78 is 12.6. The van der Waals surface area contributed by atoms with Gasteiger partial charge in [0.15, 0.2) is 0 Å². The van der Waals surface area contributed by atoms with Gasteiger partial charge in [-0.3, -0.25) is 14.4 Å². The molecule has 0 saturated carbocycles. The Balaban J connectivity index is 1.71. The van der Waals surface area contributed by atoms with Gasteiger partial charge in [-0.05, 0) is 57.1 Å². The molecule has 4 aliphatic heterocycles. The summed E-state index contributed by atoms with van der Waals surface area (Å²) in [4.78, 5) is 46.3. The molecule has 4 aliphatic rings. The second kappa shape index (κ2) is 10.8. The number of ether oxygens (including phenoxy) is 2. The summed E-state index contributed by atoms with van der Waals surface area (Å²) in [6.07, 6.45) is 10.8. The van der Waals surface area contributed by atoms with E-state index in [1.165, 1.54) is 0 Å². The first-order valence-electron chi connectivity index (χ1n) is 14.6. The minimum Gasteiger partial charge on any atom is -0.465 e. The van der Waals surface area contributed by atoms with Gasteiger partial charge in [-0.15, -0.1) is 0 Å². The average Bonchev–Trinajstić information content (AvgIpc) is 3.25. The first-order valence-corrected chi connectivity index (χ1v) is 14.6. The molecule has 1 N–H and O–H groups in total. The number of likely N-dealkylation sites (tertiary alicyclic amines) is 1. The molecule has 0 bridgehead atoms. The van der Waals surface area contributed by atoms with Crippen molar-refractivity contribution in [3.05, 3.63) is 53.6 Å². The van der Waals surface area contributed by atoms with Crippen LogP contribution in [0.3, 0.4) is 0 Å². The number of aliphatic hydroxyl groups is 1. The Morgan fingerprint density at radius 3 is 2.45 bits per heavy atom. The molecule has 0 aliphatic carbocycles. The van der Waals surface area contributed by atoms with E-state index in [0.29, 0.717) is 13.0 Å². The zero-order valence-electron chi connectivity index (χ0n) is 24.3.